The summed E-state index contributed by atoms with van der Waals surface area (Å²) in [5.74, 6) is 0. The van der Waals surface area contributed by atoms with Gasteiger partial charge >= 0.3 is 0 Å². The smallest absolute Gasteiger partial charge is 0.0843 e. The molecular weight excluding hydrogens is 408 g/mol. The summed E-state index contributed by atoms with van der Waals surface area (Å²) in [5, 5.41) is 0. The predicted molar refractivity (Wildman–Crippen MR) is 75.0 cm³/mol. The van der Waals surface area contributed by atoms with Gasteiger partial charge in [-0.3, -0.25) is 0 Å². The zero-order valence-electron chi connectivity index (χ0n) is 8.01. The van der Waals surface area contributed by atoms with Gasteiger partial charge in [0.15, 0.2) is 0 Å². The predicted octanol–water partition coefficient (Wildman–Crippen LogP) is 5.28. The molecule has 2 unspecified atom stereocenters. The van der Waals surface area contributed by atoms with Gasteiger partial charge in [-0.25, -0.2) is 0 Å². The van der Waals surface area contributed by atoms with Gasteiger partial charge in [-0.2, -0.15) is 0 Å². The largest absolute Gasteiger partial charge is 0.378 e. The Balaban J connectivity index is 1.97. The van der Waals surface area contributed by atoms with E-state index in [1.807, 2.05) is 0 Å². The zero-order chi connectivity index (χ0) is 10.8. The number of halogens is 3. The highest BCUT2D eigenvalue weighted by atomic mass is 79.9. The third-order valence-corrected chi connectivity index (χ3v) is 7.01. The van der Waals surface area contributed by atoms with Gasteiger partial charge in [0.25, 0.3) is 0 Å². The normalized spacial score (nSPS) is 23.3. The summed E-state index contributed by atoms with van der Waals surface area (Å²) >= 11 is 12.5. The highest BCUT2D eigenvalue weighted by Crippen LogP contribution is 2.41. The molecule has 1 nitrogen and oxygen atoms in total. The van der Waals surface area contributed by atoms with E-state index in [9.17, 15) is 0 Å². The second-order valence-electron chi connectivity index (χ2n) is 3.61. The van der Waals surface area contributed by atoms with Crippen LogP contribution in [0.2, 0.25) is 0 Å². The molecule has 0 radical (unpaired) electrons. The van der Waals surface area contributed by atoms with Crippen LogP contribution in [0.3, 0.4) is 0 Å². The molecule has 15 heavy (non-hydrogen) atoms. The van der Waals surface area contributed by atoms with Crippen LogP contribution < -0.4 is 0 Å². The first-order valence-corrected chi connectivity index (χ1v) is 8.19. The van der Waals surface area contributed by atoms with Crippen molar-refractivity contribution in [2.24, 2.45) is 0 Å². The van der Waals surface area contributed by atoms with E-state index in [1.54, 1.807) is 11.3 Å². The van der Waals surface area contributed by atoms with Crippen LogP contribution in [0.1, 0.15) is 29.0 Å². The van der Waals surface area contributed by atoms with Gasteiger partial charge in [0, 0.05) is 16.0 Å². The molecule has 1 fully saturated rings. The maximum absolute atomic E-state index is 5.63. The van der Waals surface area contributed by atoms with Crippen molar-refractivity contribution in [3.05, 3.63) is 19.2 Å². The van der Waals surface area contributed by atoms with Crippen LogP contribution in [0.5, 0.6) is 0 Å². The second kappa shape index (κ2) is 5.63. The van der Waals surface area contributed by atoms with Gasteiger partial charge in [-0.1, -0.05) is 15.9 Å². The first-order valence-electron chi connectivity index (χ1n) is 4.87. The standard InChI is InChI=1S/C10H11Br3OS/c11-7(4-6-2-1-3-14-6)9-5-8(12)10(13)15-9/h5-7H,1-4H2. The van der Waals surface area contributed by atoms with Crippen molar-refractivity contribution in [2.45, 2.75) is 30.2 Å². The first kappa shape index (κ1) is 12.6. The molecule has 1 aliphatic rings. The fourth-order valence-electron chi connectivity index (χ4n) is 1.69. The Labute approximate surface area is 119 Å². The summed E-state index contributed by atoms with van der Waals surface area (Å²) in [6, 6.07) is 2.17. The average molecular weight is 419 g/mol. The van der Waals surface area contributed by atoms with Gasteiger partial charge in [0.1, 0.15) is 0 Å². The molecule has 0 aromatic carbocycles. The third-order valence-electron chi connectivity index (χ3n) is 2.47. The van der Waals surface area contributed by atoms with Crippen LogP contribution in [0.25, 0.3) is 0 Å². The number of alkyl halides is 1. The Bertz CT molecular complexity index is 314. The Morgan fingerprint density at radius 1 is 1.53 bits per heavy atom. The maximum atomic E-state index is 5.63. The Hall–Kier alpha value is 1.10. The van der Waals surface area contributed by atoms with E-state index >= 15 is 0 Å². The summed E-state index contributed by atoms with van der Waals surface area (Å²) < 4.78 is 7.93. The Morgan fingerprint density at radius 2 is 2.33 bits per heavy atom. The lowest BCUT2D eigenvalue weighted by molar-refractivity contribution is 0.104. The molecule has 5 heteroatoms. The SMILES string of the molecule is Brc1cc(C(Br)CC2CCCO2)sc1Br. The van der Waals surface area contributed by atoms with E-state index in [-0.39, 0.29) is 0 Å². The number of ether oxygens (including phenoxy) is 1. The number of hydrogen-bond acceptors (Lipinski definition) is 2. The van der Waals surface area contributed by atoms with Crippen molar-refractivity contribution in [2.75, 3.05) is 6.61 Å². The minimum atomic E-state index is 0.410. The van der Waals surface area contributed by atoms with Crippen LogP contribution >= 0.6 is 59.1 Å². The van der Waals surface area contributed by atoms with Crippen LogP contribution in [-0.2, 0) is 4.74 Å². The van der Waals surface area contributed by atoms with Crippen LogP contribution in [0, 0.1) is 0 Å². The molecule has 0 bridgehead atoms. The number of thiophene rings is 1. The minimum absolute atomic E-state index is 0.410. The number of hydrogen-bond donors (Lipinski definition) is 0. The second-order valence-corrected chi connectivity index (χ2v) is 7.97. The monoisotopic (exact) mass is 416 g/mol. The lowest BCUT2D eigenvalue weighted by Crippen LogP contribution is -2.07. The van der Waals surface area contributed by atoms with Crippen molar-refractivity contribution in [1.29, 1.82) is 0 Å². The van der Waals surface area contributed by atoms with Gasteiger partial charge in [0.2, 0.25) is 0 Å². The molecule has 84 valence electrons. The van der Waals surface area contributed by atoms with Gasteiger partial charge in [0.05, 0.1) is 14.7 Å². The van der Waals surface area contributed by atoms with Crippen molar-refractivity contribution in [1.82, 2.24) is 0 Å². The molecule has 2 heterocycles. The fraction of sp³-hybridized carbons (Fsp3) is 0.600. The van der Waals surface area contributed by atoms with Crippen molar-refractivity contribution >= 4 is 59.1 Å². The summed E-state index contributed by atoms with van der Waals surface area (Å²) in [7, 11) is 0. The van der Waals surface area contributed by atoms with Crippen molar-refractivity contribution < 1.29 is 4.74 Å². The zero-order valence-corrected chi connectivity index (χ0v) is 13.6. The van der Waals surface area contributed by atoms with E-state index in [0.717, 1.165) is 21.3 Å². The minimum Gasteiger partial charge on any atom is -0.378 e. The molecular formula is C10H11Br3OS. The highest BCUT2D eigenvalue weighted by molar-refractivity contribution is 9.13. The van der Waals surface area contributed by atoms with Gasteiger partial charge in [-0.05, 0) is 57.2 Å². The third kappa shape index (κ3) is 3.28. The molecule has 2 atom stereocenters. The van der Waals surface area contributed by atoms with Crippen LogP contribution in [0.4, 0.5) is 0 Å². The average Bonchev–Trinajstić information content (AvgIpc) is 2.78. The van der Waals surface area contributed by atoms with Crippen molar-refractivity contribution in [3.63, 3.8) is 0 Å². The topological polar surface area (TPSA) is 9.23 Å². The molecule has 0 spiro atoms. The molecule has 1 aromatic heterocycles. The maximum Gasteiger partial charge on any atom is 0.0843 e. The molecule has 1 aromatic rings. The molecule has 2 rings (SSSR count). The van der Waals surface area contributed by atoms with Crippen LogP contribution in [-0.4, -0.2) is 12.7 Å². The molecule has 0 amide bonds. The van der Waals surface area contributed by atoms with Gasteiger partial charge in [-0.15, -0.1) is 11.3 Å². The molecule has 1 saturated heterocycles. The summed E-state index contributed by atoms with van der Waals surface area (Å²) in [6.45, 7) is 0.933. The van der Waals surface area contributed by atoms with E-state index in [1.165, 1.54) is 17.7 Å². The Kier molecular flexibility index (Phi) is 4.71. The summed E-state index contributed by atoms with van der Waals surface area (Å²) in [5.41, 5.74) is 0. The molecule has 0 saturated carbocycles. The number of rotatable bonds is 3. The van der Waals surface area contributed by atoms with Crippen LogP contribution in [0.15, 0.2) is 14.3 Å². The fourth-order valence-corrected chi connectivity index (χ4v) is 4.60. The highest BCUT2D eigenvalue weighted by Gasteiger charge is 2.21. The summed E-state index contributed by atoms with van der Waals surface area (Å²) in [4.78, 5) is 1.76. The van der Waals surface area contributed by atoms with Crippen molar-refractivity contribution in [3.8, 4) is 0 Å². The lowest BCUT2D eigenvalue weighted by Gasteiger charge is -2.12. The van der Waals surface area contributed by atoms with E-state index in [4.69, 9.17) is 4.74 Å². The molecule has 0 aliphatic carbocycles. The van der Waals surface area contributed by atoms with E-state index < -0.39 is 0 Å². The van der Waals surface area contributed by atoms with E-state index in [0.29, 0.717) is 10.9 Å². The molecule has 0 N–H and O–H groups in total. The lowest BCUT2D eigenvalue weighted by atomic mass is 10.1. The van der Waals surface area contributed by atoms with E-state index in [2.05, 4.69) is 53.9 Å². The summed E-state index contributed by atoms with van der Waals surface area (Å²) in [6.07, 6.45) is 3.92. The molecule has 1 aliphatic heterocycles. The first-order chi connectivity index (χ1) is 7.16. The quantitative estimate of drug-likeness (QED) is 0.607. The van der Waals surface area contributed by atoms with Gasteiger partial charge < -0.3 is 4.74 Å². The Morgan fingerprint density at radius 3 is 2.87 bits per heavy atom.